The quantitative estimate of drug-likeness (QED) is 0.489. The van der Waals surface area contributed by atoms with Crippen LogP contribution >= 0.6 is 0 Å². The summed E-state index contributed by atoms with van der Waals surface area (Å²) in [6, 6.07) is 13.4. The molecule has 0 saturated carbocycles. The Kier molecular flexibility index (Phi) is 9.21. The summed E-state index contributed by atoms with van der Waals surface area (Å²) in [5.41, 5.74) is 7.57. The maximum Gasteiger partial charge on any atom is 0.122 e. The Balaban J connectivity index is 0.000000311. The molecule has 0 spiro atoms. The zero-order chi connectivity index (χ0) is 23.3. The molecular formula is C29H46O. The average Bonchev–Trinajstić information content (AvgIpc) is 2.65. The van der Waals surface area contributed by atoms with Crippen LogP contribution in [-0.2, 0) is 17.3 Å². The van der Waals surface area contributed by atoms with E-state index in [1.54, 1.807) is 7.11 Å². The minimum Gasteiger partial charge on any atom is -0.496 e. The Morgan fingerprint density at radius 1 is 0.767 bits per heavy atom. The maximum atomic E-state index is 5.35. The molecule has 168 valence electrons. The van der Waals surface area contributed by atoms with E-state index in [1.807, 2.05) is 6.07 Å². The molecule has 30 heavy (non-hydrogen) atoms. The molecule has 0 unspecified atom stereocenters. The van der Waals surface area contributed by atoms with Gasteiger partial charge < -0.3 is 4.74 Å². The van der Waals surface area contributed by atoms with E-state index in [9.17, 15) is 0 Å². The zero-order valence-electron chi connectivity index (χ0n) is 21.7. The number of hydrogen-bond donors (Lipinski definition) is 0. The summed E-state index contributed by atoms with van der Waals surface area (Å²) in [5.74, 6) is 2.15. The fraction of sp³-hybridized carbons (Fsp3) is 0.586. The molecule has 0 aromatic heterocycles. The lowest BCUT2D eigenvalue weighted by Gasteiger charge is -2.27. The van der Waals surface area contributed by atoms with Crippen molar-refractivity contribution in [1.82, 2.24) is 0 Å². The second-order valence-corrected chi connectivity index (χ2v) is 11.0. The van der Waals surface area contributed by atoms with Crippen molar-refractivity contribution in [2.24, 2.45) is 0 Å². The van der Waals surface area contributed by atoms with E-state index in [4.69, 9.17) is 4.74 Å². The standard InChI is InChI=1S/C17H28.C12H18O/c1-12(2)13-9-14(16(3,4)5)11-15(10-13)17(6,7)8;1-5-10-7-6-8-11(13-4)12(10)9(2)3/h9-12H,1-8H3;6-9H,5H2,1-4H3. The highest BCUT2D eigenvalue weighted by Crippen LogP contribution is 2.32. The van der Waals surface area contributed by atoms with E-state index < -0.39 is 0 Å². The summed E-state index contributed by atoms with van der Waals surface area (Å²) < 4.78 is 5.35. The van der Waals surface area contributed by atoms with E-state index in [0.717, 1.165) is 12.2 Å². The molecule has 2 rings (SSSR count). The van der Waals surface area contributed by atoms with E-state index in [2.05, 4.69) is 106 Å². The van der Waals surface area contributed by atoms with Crippen LogP contribution in [0.5, 0.6) is 5.75 Å². The first kappa shape index (κ1) is 26.3. The maximum absolute atomic E-state index is 5.35. The first-order valence-corrected chi connectivity index (χ1v) is 11.5. The Labute approximate surface area is 187 Å². The van der Waals surface area contributed by atoms with Gasteiger partial charge in [-0.05, 0) is 63.0 Å². The summed E-state index contributed by atoms with van der Waals surface area (Å²) in [7, 11) is 1.74. The normalized spacial score (nSPS) is 12.1. The highest BCUT2D eigenvalue weighted by molar-refractivity contribution is 5.42. The van der Waals surface area contributed by atoms with Crippen LogP contribution in [0.4, 0.5) is 0 Å². The summed E-state index contributed by atoms with van der Waals surface area (Å²) in [5, 5.41) is 0. The molecule has 0 fully saturated rings. The molecule has 0 radical (unpaired) electrons. The second kappa shape index (κ2) is 10.5. The van der Waals surface area contributed by atoms with Gasteiger partial charge in [-0.3, -0.25) is 0 Å². The van der Waals surface area contributed by atoms with Crippen molar-refractivity contribution < 1.29 is 4.74 Å². The lowest BCUT2D eigenvalue weighted by molar-refractivity contribution is 0.406. The van der Waals surface area contributed by atoms with E-state index in [0.29, 0.717) is 11.8 Å². The fourth-order valence-electron chi connectivity index (χ4n) is 3.58. The van der Waals surface area contributed by atoms with Gasteiger partial charge in [-0.25, -0.2) is 0 Å². The Morgan fingerprint density at radius 2 is 1.27 bits per heavy atom. The van der Waals surface area contributed by atoms with Crippen molar-refractivity contribution in [2.45, 2.75) is 105 Å². The van der Waals surface area contributed by atoms with Gasteiger partial charge >= 0.3 is 0 Å². The highest BCUT2D eigenvalue weighted by atomic mass is 16.5. The minimum atomic E-state index is 0.227. The summed E-state index contributed by atoms with van der Waals surface area (Å²) in [4.78, 5) is 0. The van der Waals surface area contributed by atoms with Crippen LogP contribution in [0.15, 0.2) is 36.4 Å². The number of ether oxygens (including phenoxy) is 1. The molecule has 0 aliphatic carbocycles. The Morgan fingerprint density at radius 3 is 1.60 bits per heavy atom. The van der Waals surface area contributed by atoms with Crippen LogP contribution in [0.1, 0.15) is 116 Å². The SMILES string of the molecule is CC(C)c1cc(C(C)(C)C)cc(C(C)(C)C)c1.CCc1cccc(OC)c1C(C)C. The third-order valence-electron chi connectivity index (χ3n) is 5.69. The van der Waals surface area contributed by atoms with Crippen molar-refractivity contribution in [1.29, 1.82) is 0 Å². The van der Waals surface area contributed by atoms with Gasteiger partial charge in [0.25, 0.3) is 0 Å². The average molecular weight is 411 g/mol. The molecule has 1 nitrogen and oxygen atoms in total. The monoisotopic (exact) mass is 410 g/mol. The lowest BCUT2D eigenvalue weighted by Crippen LogP contribution is -2.17. The minimum absolute atomic E-state index is 0.227. The van der Waals surface area contributed by atoms with Gasteiger partial charge in [-0.1, -0.05) is 106 Å². The molecule has 0 saturated heterocycles. The van der Waals surface area contributed by atoms with Gasteiger partial charge in [0.05, 0.1) is 7.11 Å². The summed E-state index contributed by atoms with van der Waals surface area (Å²) in [6.45, 7) is 24.9. The predicted octanol–water partition coefficient (Wildman–Crippen LogP) is 8.79. The number of methoxy groups -OCH3 is 1. The van der Waals surface area contributed by atoms with Gasteiger partial charge in [0.15, 0.2) is 0 Å². The Bertz CT molecular complexity index is 744. The van der Waals surface area contributed by atoms with Gasteiger partial charge in [0.1, 0.15) is 5.75 Å². The van der Waals surface area contributed by atoms with Gasteiger partial charge in [0, 0.05) is 0 Å². The Hall–Kier alpha value is -1.76. The third-order valence-corrected chi connectivity index (χ3v) is 5.69. The molecule has 0 N–H and O–H groups in total. The summed E-state index contributed by atoms with van der Waals surface area (Å²) >= 11 is 0. The van der Waals surface area contributed by atoms with Crippen LogP contribution < -0.4 is 4.74 Å². The van der Waals surface area contributed by atoms with Crippen LogP contribution in [0, 0.1) is 0 Å². The van der Waals surface area contributed by atoms with Crippen molar-refractivity contribution >= 4 is 0 Å². The number of rotatable bonds is 4. The van der Waals surface area contributed by atoms with Crippen molar-refractivity contribution in [3.63, 3.8) is 0 Å². The van der Waals surface area contributed by atoms with Gasteiger partial charge in [0.2, 0.25) is 0 Å². The molecule has 0 amide bonds. The number of aryl methyl sites for hydroxylation is 1. The smallest absolute Gasteiger partial charge is 0.122 e. The van der Waals surface area contributed by atoms with E-state index in [-0.39, 0.29) is 10.8 Å². The van der Waals surface area contributed by atoms with Crippen LogP contribution in [0.2, 0.25) is 0 Å². The molecule has 0 heterocycles. The van der Waals surface area contributed by atoms with Crippen molar-refractivity contribution in [3.05, 3.63) is 64.2 Å². The number of benzene rings is 2. The first-order chi connectivity index (χ1) is 13.7. The van der Waals surface area contributed by atoms with Gasteiger partial charge in [-0.2, -0.15) is 0 Å². The molecular weight excluding hydrogens is 364 g/mol. The molecule has 0 aliphatic rings. The molecule has 2 aromatic rings. The van der Waals surface area contributed by atoms with Crippen LogP contribution in [-0.4, -0.2) is 7.11 Å². The lowest BCUT2D eigenvalue weighted by atomic mass is 9.78. The summed E-state index contributed by atoms with van der Waals surface area (Å²) in [6.07, 6.45) is 1.07. The van der Waals surface area contributed by atoms with Crippen LogP contribution in [0.3, 0.4) is 0 Å². The van der Waals surface area contributed by atoms with Crippen LogP contribution in [0.25, 0.3) is 0 Å². The fourth-order valence-corrected chi connectivity index (χ4v) is 3.58. The molecule has 0 bridgehead atoms. The third kappa shape index (κ3) is 7.18. The molecule has 0 atom stereocenters. The van der Waals surface area contributed by atoms with E-state index >= 15 is 0 Å². The molecule has 2 aromatic carbocycles. The highest BCUT2D eigenvalue weighted by Gasteiger charge is 2.21. The van der Waals surface area contributed by atoms with E-state index in [1.165, 1.54) is 27.8 Å². The first-order valence-electron chi connectivity index (χ1n) is 11.5. The molecule has 0 aliphatic heterocycles. The largest absolute Gasteiger partial charge is 0.496 e. The predicted molar refractivity (Wildman–Crippen MR) is 134 cm³/mol. The molecule has 1 heteroatoms. The number of hydrogen-bond acceptors (Lipinski definition) is 1. The zero-order valence-corrected chi connectivity index (χ0v) is 21.7. The van der Waals surface area contributed by atoms with Crippen molar-refractivity contribution in [2.75, 3.05) is 7.11 Å². The second-order valence-electron chi connectivity index (χ2n) is 11.0. The topological polar surface area (TPSA) is 9.23 Å². The van der Waals surface area contributed by atoms with Gasteiger partial charge in [-0.15, -0.1) is 0 Å². The van der Waals surface area contributed by atoms with Crippen molar-refractivity contribution in [3.8, 4) is 5.75 Å².